The fourth-order valence-corrected chi connectivity index (χ4v) is 4.29. The Morgan fingerprint density at radius 2 is 1.26 bits per heavy atom. The van der Waals surface area contributed by atoms with Gasteiger partial charge in [0.25, 0.3) is 5.69 Å². The van der Waals surface area contributed by atoms with Gasteiger partial charge in [-0.15, -0.1) is 0 Å². The average Bonchev–Trinajstić information content (AvgIpc) is 2.89. The highest BCUT2D eigenvalue weighted by molar-refractivity contribution is 9.10. The normalized spacial score (nSPS) is 11.0. The Morgan fingerprint density at radius 3 is 1.76 bits per heavy atom. The van der Waals surface area contributed by atoms with Crippen molar-refractivity contribution in [3.05, 3.63) is 142 Å². The molecule has 7 heteroatoms. The van der Waals surface area contributed by atoms with E-state index in [4.69, 9.17) is 0 Å². The third-order valence-corrected chi connectivity index (χ3v) is 6.67. The van der Waals surface area contributed by atoms with Crippen molar-refractivity contribution in [1.29, 1.82) is 0 Å². The van der Waals surface area contributed by atoms with Gasteiger partial charge in [0.1, 0.15) is 0 Å². The molecule has 34 heavy (non-hydrogen) atoms. The second-order valence-corrected chi connectivity index (χ2v) is 8.72. The van der Waals surface area contributed by atoms with Crippen molar-refractivity contribution in [2.45, 2.75) is 4.32 Å². The van der Waals surface area contributed by atoms with Gasteiger partial charge in [-0.3, -0.25) is 19.7 Å². The van der Waals surface area contributed by atoms with Crippen molar-refractivity contribution >= 4 is 39.0 Å². The molecule has 0 atom stereocenters. The largest absolute Gasteiger partial charge is 0.324 e. The van der Waals surface area contributed by atoms with E-state index < -0.39 is 20.9 Å². The minimum absolute atomic E-state index is 0.0322. The number of alkyl halides is 1. The lowest BCUT2D eigenvalue weighted by Crippen LogP contribution is -2.36. The van der Waals surface area contributed by atoms with E-state index in [0.29, 0.717) is 16.7 Å². The highest BCUT2D eigenvalue weighted by Crippen LogP contribution is 2.40. The molecule has 1 amide bonds. The molecule has 0 unspecified atom stereocenters. The zero-order valence-electron chi connectivity index (χ0n) is 17.9. The summed E-state index contributed by atoms with van der Waals surface area (Å²) in [4.78, 5) is 37.8. The minimum atomic E-state index is -1.26. The SMILES string of the molecule is O=C(c1ccccc1)c1cc([N+](=O)[O-])ccc1NC(=O)C(Br)(c1ccccc1)c1ccccc1. The van der Waals surface area contributed by atoms with Crippen molar-refractivity contribution < 1.29 is 14.5 Å². The molecule has 0 radical (unpaired) electrons. The molecule has 4 aromatic rings. The van der Waals surface area contributed by atoms with Crippen LogP contribution < -0.4 is 5.32 Å². The molecule has 0 saturated carbocycles. The number of halogens is 1. The fraction of sp³-hybridized carbons (Fsp3) is 0.0370. The maximum Gasteiger partial charge on any atom is 0.270 e. The summed E-state index contributed by atoms with van der Waals surface area (Å²) in [5.74, 6) is -0.875. The number of nitrogens with one attached hydrogen (secondary N) is 1. The van der Waals surface area contributed by atoms with Crippen LogP contribution in [0.4, 0.5) is 11.4 Å². The monoisotopic (exact) mass is 514 g/mol. The number of nitrogens with zero attached hydrogens (tertiary/aromatic N) is 1. The van der Waals surface area contributed by atoms with Crippen LogP contribution >= 0.6 is 15.9 Å². The van der Waals surface area contributed by atoms with Crippen LogP contribution in [0.25, 0.3) is 0 Å². The average molecular weight is 515 g/mol. The van der Waals surface area contributed by atoms with Gasteiger partial charge in [-0.2, -0.15) is 0 Å². The van der Waals surface area contributed by atoms with Crippen LogP contribution in [0.15, 0.2) is 109 Å². The first-order chi connectivity index (χ1) is 16.4. The third-order valence-electron chi connectivity index (χ3n) is 5.40. The molecule has 1 N–H and O–H groups in total. The van der Waals surface area contributed by atoms with Gasteiger partial charge in [0.2, 0.25) is 5.91 Å². The van der Waals surface area contributed by atoms with E-state index in [1.165, 1.54) is 18.2 Å². The summed E-state index contributed by atoms with van der Waals surface area (Å²) < 4.78 is -1.26. The molecule has 0 aromatic heterocycles. The zero-order chi connectivity index (χ0) is 24.1. The Morgan fingerprint density at radius 1 is 0.765 bits per heavy atom. The van der Waals surface area contributed by atoms with Crippen LogP contribution in [0.5, 0.6) is 0 Å². The van der Waals surface area contributed by atoms with Crippen LogP contribution in [0.2, 0.25) is 0 Å². The van der Waals surface area contributed by atoms with Gasteiger partial charge in [0.05, 0.1) is 16.2 Å². The summed E-state index contributed by atoms with van der Waals surface area (Å²) in [5, 5.41) is 14.2. The van der Waals surface area contributed by atoms with Gasteiger partial charge in [0.15, 0.2) is 10.1 Å². The van der Waals surface area contributed by atoms with E-state index >= 15 is 0 Å². The molecule has 0 fully saturated rings. The number of carbonyl (C=O) groups is 2. The Kier molecular flexibility index (Phi) is 6.65. The maximum atomic E-state index is 13.8. The Balaban J connectivity index is 1.80. The Bertz CT molecular complexity index is 1300. The van der Waals surface area contributed by atoms with Crippen LogP contribution in [0, 0.1) is 10.1 Å². The summed E-state index contributed by atoms with van der Waals surface area (Å²) in [5.41, 5.74) is 1.71. The second-order valence-electron chi connectivity index (χ2n) is 7.53. The van der Waals surface area contributed by atoms with E-state index in [-0.39, 0.29) is 16.9 Å². The molecule has 4 rings (SSSR count). The number of nitro groups is 1. The third kappa shape index (κ3) is 4.51. The molecular formula is C27H19BrN2O4. The summed E-state index contributed by atoms with van der Waals surface area (Å²) >= 11 is 3.66. The number of benzene rings is 4. The van der Waals surface area contributed by atoms with E-state index in [0.717, 1.165) is 0 Å². The molecular weight excluding hydrogens is 496 g/mol. The quantitative estimate of drug-likeness (QED) is 0.139. The summed E-state index contributed by atoms with van der Waals surface area (Å²) in [6.07, 6.45) is 0. The van der Waals surface area contributed by atoms with Crippen LogP contribution in [-0.2, 0) is 9.12 Å². The molecule has 0 saturated heterocycles. The maximum absolute atomic E-state index is 13.8. The highest BCUT2D eigenvalue weighted by atomic mass is 79.9. The number of anilines is 1. The van der Waals surface area contributed by atoms with Crippen molar-refractivity contribution in [3.8, 4) is 0 Å². The van der Waals surface area contributed by atoms with Gasteiger partial charge in [-0.05, 0) is 17.2 Å². The van der Waals surface area contributed by atoms with Gasteiger partial charge in [-0.1, -0.05) is 107 Å². The molecule has 6 nitrogen and oxygen atoms in total. The first-order valence-electron chi connectivity index (χ1n) is 10.4. The number of hydrogen-bond donors (Lipinski definition) is 1. The zero-order valence-corrected chi connectivity index (χ0v) is 19.4. The van der Waals surface area contributed by atoms with Crippen LogP contribution in [-0.4, -0.2) is 16.6 Å². The van der Waals surface area contributed by atoms with Gasteiger partial charge < -0.3 is 5.32 Å². The molecule has 0 heterocycles. The molecule has 0 bridgehead atoms. The van der Waals surface area contributed by atoms with Crippen LogP contribution in [0.3, 0.4) is 0 Å². The lowest BCUT2D eigenvalue weighted by Gasteiger charge is -2.28. The molecule has 0 aliphatic rings. The van der Waals surface area contributed by atoms with Crippen molar-refractivity contribution in [3.63, 3.8) is 0 Å². The number of amides is 1. The lowest BCUT2D eigenvalue weighted by atomic mass is 9.90. The van der Waals surface area contributed by atoms with Crippen LogP contribution in [0.1, 0.15) is 27.0 Å². The van der Waals surface area contributed by atoms with Gasteiger partial charge in [0, 0.05) is 17.7 Å². The predicted octanol–water partition coefficient (Wildman–Crippen LogP) is 6.10. The van der Waals surface area contributed by atoms with Crippen molar-refractivity contribution in [2.24, 2.45) is 0 Å². The first kappa shape index (κ1) is 23.1. The number of non-ortho nitro benzene ring substituents is 1. The summed E-state index contributed by atoms with van der Waals surface area (Å²) in [6.45, 7) is 0. The van der Waals surface area contributed by atoms with E-state index in [9.17, 15) is 19.7 Å². The van der Waals surface area contributed by atoms with E-state index in [2.05, 4.69) is 21.2 Å². The smallest absolute Gasteiger partial charge is 0.270 e. The minimum Gasteiger partial charge on any atom is -0.324 e. The van der Waals surface area contributed by atoms with Crippen molar-refractivity contribution in [2.75, 3.05) is 5.32 Å². The topological polar surface area (TPSA) is 89.3 Å². The molecule has 168 valence electrons. The molecule has 0 aliphatic carbocycles. The Labute approximate surface area is 204 Å². The lowest BCUT2D eigenvalue weighted by molar-refractivity contribution is -0.384. The standard InChI is InChI=1S/C27H19BrN2O4/c28-27(20-12-6-2-7-13-20,21-14-8-3-9-15-21)26(32)29-24-17-16-22(30(33)34)18-23(24)25(31)19-10-4-1-5-11-19/h1-18H,(H,29,32). The van der Waals surface area contributed by atoms with E-state index in [1.54, 1.807) is 30.3 Å². The first-order valence-corrected chi connectivity index (χ1v) is 11.2. The Hall–Kier alpha value is -4.10. The number of hydrogen-bond acceptors (Lipinski definition) is 4. The summed E-state index contributed by atoms with van der Waals surface area (Å²) in [7, 11) is 0. The van der Waals surface area contributed by atoms with Gasteiger partial charge >= 0.3 is 0 Å². The highest BCUT2D eigenvalue weighted by Gasteiger charge is 2.40. The second kappa shape index (κ2) is 9.80. The van der Waals surface area contributed by atoms with Gasteiger partial charge in [-0.25, -0.2) is 0 Å². The summed E-state index contributed by atoms with van der Waals surface area (Å²) in [6, 6.07) is 30.6. The fourth-order valence-electron chi connectivity index (χ4n) is 3.66. The number of nitro benzene ring substituents is 1. The van der Waals surface area contributed by atoms with E-state index in [1.807, 2.05) is 60.7 Å². The molecule has 0 aliphatic heterocycles. The molecule has 4 aromatic carbocycles. The number of rotatable bonds is 7. The molecule has 0 spiro atoms. The predicted molar refractivity (Wildman–Crippen MR) is 134 cm³/mol. The number of carbonyl (C=O) groups excluding carboxylic acids is 2. The number of ketones is 1. The van der Waals surface area contributed by atoms with Crippen molar-refractivity contribution in [1.82, 2.24) is 0 Å².